The molecular formula is C13H18O2. The van der Waals surface area contributed by atoms with Crippen molar-refractivity contribution in [3.63, 3.8) is 0 Å². The van der Waals surface area contributed by atoms with Gasteiger partial charge in [-0.1, -0.05) is 25.5 Å². The number of rotatable bonds is 4. The summed E-state index contributed by atoms with van der Waals surface area (Å²) in [7, 11) is 0. The summed E-state index contributed by atoms with van der Waals surface area (Å²) < 4.78 is 5.18. The highest BCUT2D eigenvalue weighted by Gasteiger charge is 2.07. The molecule has 0 N–H and O–H groups in total. The zero-order valence-electron chi connectivity index (χ0n) is 9.67. The van der Waals surface area contributed by atoms with E-state index in [1.165, 1.54) is 12.5 Å². The summed E-state index contributed by atoms with van der Waals surface area (Å²) in [5, 5.41) is 0. The fraction of sp³-hybridized carbons (Fsp3) is 0.462. The molecule has 2 nitrogen and oxygen atoms in total. The van der Waals surface area contributed by atoms with E-state index in [1.807, 2.05) is 12.1 Å². The monoisotopic (exact) mass is 206 g/mol. The molecule has 15 heavy (non-hydrogen) atoms. The second-order valence-corrected chi connectivity index (χ2v) is 3.75. The van der Waals surface area contributed by atoms with Crippen molar-refractivity contribution in [2.24, 2.45) is 0 Å². The highest BCUT2D eigenvalue weighted by Crippen LogP contribution is 2.24. The third-order valence-electron chi connectivity index (χ3n) is 2.40. The maximum atomic E-state index is 10.9. The highest BCUT2D eigenvalue weighted by atomic mass is 16.5. The van der Waals surface area contributed by atoms with E-state index in [1.54, 1.807) is 0 Å². The van der Waals surface area contributed by atoms with E-state index in [4.69, 9.17) is 4.74 Å². The minimum atomic E-state index is -0.252. The normalized spacial score (nSPS) is 10.1. The van der Waals surface area contributed by atoms with Gasteiger partial charge in [-0.25, -0.2) is 0 Å². The Morgan fingerprint density at radius 1 is 1.40 bits per heavy atom. The Bertz CT molecular complexity index is 342. The largest absolute Gasteiger partial charge is 0.426 e. The summed E-state index contributed by atoms with van der Waals surface area (Å²) in [5.74, 6) is 0.467. The van der Waals surface area contributed by atoms with Crippen LogP contribution in [0.2, 0.25) is 0 Å². The Hall–Kier alpha value is -1.31. The molecule has 0 unspecified atom stereocenters. The van der Waals surface area contributed by atoms with Gasteiger partial charge in [0.25, 0.3) is 0 Å². The molecule has 0 aliphatic carbocycles. The Balaban J connectivity index is 2.92. The average Bonchev–Trinajstić information content (AvgIpc) is 2.16. The molecule has 0 radical (unpaired) electrons. The van der Waals surface area contributed by atoms with Crippen LogP contribution >= 0.6 is 0 Å². The van der Waals surface area contributed by atoms with Crippen LogP contribution in [0.1, 0.15) is 37.8 Å². The van der Waals surface area contributed by atoms with E-state index >= 15 is 0 Å². The molecule has 0 aliphatic rings. The summed E-state index contributed by atoms with van der Waals surface area (Å²) in [6, 6.07) is 5.83. The van der Waals surface area contributed by atoms with E-state index in [2.05, 4.69) is 19.9 Å². The van der Waals surface area contributed by atoms with E-state index in [-0.39, 0.29) is 5.97 Å². The molecule has 0 aliphatic heterocycles. The maximum Gasteiger partial charge on any atom is 0.308 e. The van der Waals surface area contributed by atoms with Crippen LogP contribution in [-0.4, -0.2) is 5.97 Å². The molecule has 1 rings (SSSR count). The van der Waals surface area contributed by atoms with Crippen LogP contribution in [0.4, 0.5) is 0 Å². The molecule has 0 saturated heterocycles. The Morgan fingerprint density at radius 3 is 2.73 bits per heavy atom. The van der Waals surface area contributed by atoms with Crippen molar-refractivity contribution in [1.82, 2.24) is 0 Å². The topological polar surface area (TPSA) is 26.3 Å². The van der Waals surface area contributed by atoms with E-state index in [0.29, 0.717) is 0 Å². The number of unbranched alkanes of at least 4 members (excludes halogenated alkanes) is 1. The van der Waals surface area contributed by atoms with Crippen LogP contribution in [0.3, 0.4) is 0 Å². The molecule has 2 heteroatoms. The predicted molar refractivity (Wildman–Crippen MR) is 61.1 cm³/mol. The van der Waals surface area contributed by atoms with Gasteiger partial charge in [-0.3, -0.25) is 4.79 Å². The van der Waals surface area contributed by atoms with Gasteiger partial charge in [0.15, 0.2) is 0 Å². The Labute approximate surface area is 91.3 Å². The smallest absolute Gasteiger partial charge is 0.308 e. The second kappa shape index (κ2) is 5.54. The van der Waals surface area contributed by atoms with Crippen LogP contribution in [0.5, 0.6) is 5.75 Å². The summed E-state index contributed by atoms with van der Waals surface area (Å²) >= 11 is 0. The van der Waals surface area contributed by atoms with Crippen LogP contribution < -0.4 is 4.74 Å². The van der Waals surface area contributed by atoms with Crippen LogP contribution in [0, 0.1) is 6.92 Å². The number of carbonyl (C=O) groups excluding carboxylic acids is 1. The summed E-state index contributed by atoms with van der Waals surface area (Å²) in [6.45, 7) is 5.65. The molecule has 0 amide bonds. The quantitative estimate of drug-likeness (QED) is 0.558. The Morgan fingerprint density at radius 2 is 2.13 bits per heavy atom. The number of aryl methyl sites for hydroxylation is 1. The zero-order chi connectivity index (χ0) is 11.3. The summed E-state index contributed by atoms with van der Waals surface area (Å²) in [4.78, 5) is 10.9. The molecule has 1 aromatic carbocycles. The van der Waals surface area contributed by atoms with Crippen molar-refractivity contribution < 1.29 is 9.53 Å². The second-order valence-electron chi connectivity index (χ2n) is 3.75. The number of hydrogen-bond acceptors (Lipinski definition) is 2. The fourth-order valence-electron chi connectivity index (χ4n) is 1.60. The molecule has 0 atom stereocenters. The minimum absolute atomic E-state index is 0.252. The lowest BCUT2D eigenvalue weighted by molar-refractivity contribution is -0.131. The van der Waals surface area contributed by atoms with Crippen LogP contribution in [0.15, 0.2) is 18.2 Å². The molecule has 0 fully saturated rings. The van der Waals surface area contributed by atoms with Crippen molar-refractivity contribution in [2.45, 2.75) is 40.0 Å². The van der Waals surface area contributed by atoms with Gasteiger partial charge in [0.05, 0.1) is 0 Å². The third-order valence-corrected chi connectivity index (χ3v) is 2.40. The molecule has 0 spiro atoms. The van der Waals surface area contributed by atoms with Gasteiger partial charge >= 0.3 is 5.97 Å². The van der Waals surface area contributed by atoms with Gasteiger partial charge < -0.3 is 4.74 Å². The molecule has 0 aromatic heterocycles. The number of ether oxygens (including phenoxy) is 1. The van der Waals surface area contributed by atoms with Crippen molar-refractivity contribution in [1.29, 1.82) is 0 Å². The van der Waals surface area contributed by atoms with Gasteiger partial charge in [0, 0.05) is 6.92 Å². The van der Waals surface area contributed by atoms with E-state index in [0.717, 1.165) is 30.6 Å². The molecule has 1 aromatic rings. The lowest BCUT2D eigenvalue weighted by atomic mass is 10.0. The van der Waals surface area contributed by atoms with Crippen molar-refractivity contribution in [3.05, 3.63) is 29.3 Å². The van der Waals surface area contributed by atoms with Gasteiger partial charge in [0.2, 0.25) is 0 Å². The Kier molecular flexibility index (Phi) is 4.35. The molecule has 82 valence electrons. The first-order chi connectivity index (χ1) is 7.15. The lowest BCUT2D eigenvalue weighted by Crippen LogP contribution is -2.05. The average molecular weight is 206 g/mol. The first-order valence-corrected chi connectivity index (χ1v) is 5.42. The lowest BCUT2D eigenvalue weighted by Gasteiger charge is -2.11. The van der Waals surface area contributed by atoms with Gasteiger partial charge in [-0.05, 0) is 37.0 Å². The number of hydrogen-bond donors (Lipinski definition) is 0. The van der Waals surface area contributed by atoms with Crippen molar-refractivity contribution in [2.75, 3.05) is 0 Å². The number of esters is 1. The van der Waals surface area contributed by atoms with Crippen LogP contribution in [-0.2, 0) is 11.2 Å². The van der Waals surface area contributed by atoms with Crippen molar-refractivity contribution in [3.8, 4) is 5.75 Å². The molecule has 0 saturated carbocycles. The molecule has 0 bridgehead atoms. The molecular weight excluding hydrogens is 188 g/mol. The first-order valence-electron chi connectivity index (χ1n) is 5.42. The zero-order valence-corrected chi connectivity index (χ0v) is 9.67. The van der Waals surface area contributed by atoms with Gasteiger partial charge in [0.1, 0.15) is 5.75 Å². The van der Waals surface area contributed by atoms with Gasteiger partial charge in [-0.15, -0.1) is 0 Å². The molecule has 0 heterocycles. The maximum absolute atomic E-state index is 10.9. The standard InChI is InChI=1S/C13H18O2/c1-4-5-8-12-10(2)7-6-9-13(12)15-11(3)14/h6-7,9H,4-5,8H2,1-3H3. The fourth-order valence-corrected chi connectivity index (χ4v) is 1.60. The minimum Gasteiger partial charge on any atom is -0.426 e. The third kappa shape index (κ3) is 3.39. The SMILES string of the molecule is CCCCc1c(C)cccc1OC(C)=O. The number of carbonyl (C=O) groups is 1. The summed E-state index contributed by atoms with van der Waals surface area (Å²) in [5.41, 5.74) is 2.36. The van der Waals surface area contributed by atoms with Crippen molar-refractivity contribution >= 4 is 5.97 Å². The van der Waals surface area contributed by atoms with Crippen LogP contribution in [0.25, 0.3) is 0 Å². The number of benzene rings is 1. The van der Waals surface area contributed by atoms with E-state index < -0.39 is 0 Å². The summed E-state index contributed by atoms with van der Waals surface area (Å²) in [6.07, 6.45) is 3.25. The first kappa shape index (κ1) is 11.8. The van der Waals surface area contributed by atoms with E-state index in [9.17, 15) is 4.79 Å². The highest BCUT2D eigenvalue weighted by molar-refractivity contribution is 5.70. The van der Waals surface area contributed by atoms with Gasteiger partial charge in [-0.2, -0.15) is 0 Å². The predicted octanol–water partition coefficient (Wildman–Crippen LogP) is 3.26.